The highest BCUT2D eigenvalue weighted by Crippen LogP contribution is 2.29. The molecule has 4 aromatic rings. The fraction of sp³-hybridized carbons (Fsp3) is 0.105. The van der Waals surface area contributed by atoms with Crippen molar-refractivity contribution in [3.05, 3.63) is 66.0 Å². The van der Waals surface area contributed by atoms with Gasteiger partial charge in [0, 0.05) is 5.69 Å². The largest absolute Gasteiger partial charge is 0.497 e. The van der Waals surface area contributed by atoms with E-state index in [9.17, 15) is 4.79 Å². The number of benzene rings is 2. The van der Waals surface area contributed by atoms with Gasteiger partial charge < -0.3 is 4.74 Å². The summed E-state index contributed by atoms with van der Waals surface area (Å²) in [6.07, 6.45) is 0. The molecule has 0 unspecified atom stereocenters. The molecule has 4 rings (SSSR count). The van der Waals surface area contributed by atoms with Crippen molar-refractivity contribution in [2.24, 2.45) is 0 Å². The standard InChI is InChI=1S/C19H16N4O2S/c1-12-10-16(22-23(12)13-6-4-3-5-7-13)18(24)21-19-20-15-9-8-14(25-2)11-17(15)26-19/h3-11H,1-2H3,(H,20,21,24). The average molecular weight is 364 g/mol. The summed E-state index contributed by atoms with van der Waals surface area (Å²) in [4.78, 5) is 17.0. The molecule has 0 spiro atoms. The van der Waals surface area contributed by atoms with Crippen LogP contribution in [0.1, 0.15) is 16.2 Å². The number of aryl methyl sites for hydroxylation is 1. The molecule has 1 N–H and O–H groups in total. The van der Waals surface area contributed by atoms with Crippen LogP contribution in [0.25, 0.3) is 15.9 Å². The maximum atomic E-state index is 12.6. The molecule has 0 saturated heterocycles. The Morgan fingerprint density at radius 3 is 2.73 bits per heavy atom. The van der Waals surface area contributed by atoms with Crippen LogP contribution < -0.4 is 10.1 Å². The first-order valence-electron chi connectivity index (χ1n) is 8.02. The minimum atomic E-state index is -0.284. The van der Waals surface area contributed by atoms with E-state index in [1.807, 2.05) is 55.5 Å². The molecule has 2 aromatic carbocycles. The molecule has 0 bridgehead atoms. The van der Waals surface area contributed by atoms with Gasteiger partial charge in [-0.1, -0.05) is 29.5 Å². The van der Waals surface area contributed by atoms with Gasteiger partial charge in [-0.15, -0.1) is 0 Å². The summed E-state index contributed by atoms with van der Waals surface area (Å²) in [5.41, 5.74) is 2.96. The Morgan fingerprint density at radius 2 is 1.96 bits per heavy atom. The van der Waals surface area contributed by atoms with Gasteiger partial charge in [-0.05, 0) is 43.3 Å². The predicted molar refractivity (Wildman–Crippen MR) is 102 cm³/mol. The number of para-hydroxylation sites is 1. The molecule has 0 aliphatic carbocycles. The summed E-state index contributed by atoms with van der Waals surface area (Å²) in [5.74, 6) is 0.477. The lowest BCUT2D eigenvalue weighted by atomic mass is 10.3. The number of carbonyl (C=O) groups excluding carboxylic acids is 1. The van der Waals surface area contributed by atoms with Crippen LogP contribution in [0.5, 0.6) is 5.75 Å². The van der Waals surface area contributed by atoms with Crippen LogP contribution in [-0.4, -0.2) is 27.8 Å². The van der Waals surface area contributed by atoms with Crippen molar-refractivity contribution in [2.45, 2.75) is 6.92 Å². The summed E-state index contributed by atoms with van der Waals surface area (Å²) in [5, 5.41) is 7.78. The molecule has 130 valence electrons. The minimum absolute atomic E-state index is 0.284. The zero-order valence-corrected chi connectivity index (χ0v) is 15.1. The van der Waals surface area contributed by atoms with Crippen LogP contribution in [-0.2, 0) is 0 Å². The number of aromatic nitrogens is 3. The molecule has 0 saturated carbocycles. The van der Waals surface area contributed by atoms with Gasteiger partial charge in [-0.25, -0.2) is 9.67 Å². The monoisotopic (exact) mass is 364 g/mol. The SMILES string of the molecule is COc1ccc2nc(NC(=O)c3cc(C)n(-c4ccccc4)n3)sc2c1. The van der Waals surface area contributed by atoms with Gasteiger partial charge in [0.2, 0.25) is 0 Å². The number of hydrogen-bond donors (Lipinski definition) is 1. The Hall–Kier alpha value is -3.19. The van der Waals surface area contributed by atoms with Crippen LogP contribution in [0, 0.1) is 6.92 Å². The second kappa shape index (κ2) is 6.61. The van der Waals surface area contributed by atoms with Gasteiger partial charge >= 0.3 is 0 Å². The predicted octanol–water partition coefficient (Wildman–Crippen LogP) is 4.05. The lowest BCUT2D eigenvalue weighted by Gasteiger charge is -2.02. The molecule has 2 heterocycles. The molecule has 26 heavy (non-hydrogen) atoms. The number of nitrogens with zero attached hydrogens (tertiary/aromatic N) is 3. The van der Waals surface area contributed by atoms with Gasteiger partial charge in [0.1, 0.15) is 5.75 Å². The van der Waals surface area contributed by atoms with Crippen molar-refractivity contribution in [3.8, 4) is 11.4 Å². The molecular weight excluding hydrogens is 348 g/mol. The van der Waals surface area contributed by atoms with Crippen molar-refractivity contribution in [1.29, 1.82) is 0 Å². The third-order valence-corrected chi connectivity index (χ3v) is 4.87. The fourth-order valence-electron chi connectivity index (χ4n) is 2.66. The quantitative estimate of drug-likeness (QED) is 0.593. The molecule has 1 amide bonds. The van der Waals surface area contributed by atoms with Crippen molar-refractivity contribution in [1.82, 2.24) is 14.8 Å². The summed E-state index contributed by atoms with van der Waals surface area (Å²) in [6, 6.07) is 17.1. The lowest BCUT2D eigenvalue weighted by molar-refractivity contribution is 0.102. The number of anilines is 1. The van der Waals surface area contributed by atoms with E-state index in [0.717, 1.165) is 27.3 Å². The molecule has 2 aromatic heterocycles. The Labute approximate surface area is 154 Å². The highest BCUT2D eigenvalue weighted by molar-refractivity contribution is 7.22. The number of methoxy groups -OCH3 is 1. The molecule has 0 atom stereocenters. The van der Waals surface area contributed by atoms with E-state index in [1.54, 1.807) is 17.9 Å². The number of nitrogens with one attached hydrogen (secondary N) is 1. The molecule has 0 aliphatic rings. The smallest absolute Gasteiger partial charge is 0.277 e. The second-order valence-electron chi connectivity index (χ2n) is 5.73. The van der Waals surface area contributed by atoms with E-state index in [0.29, 0.717) is 10.8 Å². The molecule has 7 heteroatoms. The van der Waals surface area contributed by atoms with E-state index in [2.05, 4.69) is 15.4 Å². The van der Waals surface area contributed by atoms with Crippen molar-refractivity contribution >= 4 is 32.6 Å². The van der Waals surface area contributed by atoms with E-state index < -0.39 is 0 Å². The van der Waals surface area contributed by atoms with Crippen LogP contribution in [0.3, 0.4) is 0 Å². The maximum absolute atomic E-state index is 12.6. The lowest BCUT2D eigenvalue weighted by Crippen LogP contribution is -2.13. The zero-order valence-electron chi connectivity index (χ0n) is 14.3. The minimum Gasteiger partial charge on any atom is -0.497 e. The van der Waals surface area contributed by atoms with E-state index >= 15 is 0 Å². The van der Waals surface area contributed by atoms with Crippen LogP contribution >= 0.6 is 11.3 Å². The van der Waals surface area contributed by atoms with Gasteiger partial charge in [0.05, 0.1) is 23.0 Å². The van der Waals surface area contributed by atoms with Gasteiger partial charge in [-0.3, -0.25) is 10.1 Å². The topological polar surface area (TPSA) is 69.0 Å². The Bertz CT molecular complexity index is 1090. The third kappa shape index (κ3) is 3.04. The van der Waals surface area contributed by atoms with Gasteiger partial charge in [0.25, 0.3) is 5.91 Å². The number of ether oxygens (including phenoxy) is 1. The van der Waals surface area contributed by atoms with Crippen molar-refractivity contribution in [2.75, 3.05) is 12.4 Å². The number of thiazole rings is 1. The number of rotatable bonds is 4. The summed E-state index contributed by atoms with van der Waals surface area (Å²) in [6.45, 7) is 1.92. The molecular formula is C19H16N4O2S. The first-order valence-corrected chi connectivity index (χ1v) is 8.84. The first-order chi connectivity index (χ1) is 12.6. The number of carbonyl (C=O) groups is 1. The summed E-state index contributed by atoms with van der Waals surface area (Å²) >= 11 is 1.40. The zero-order chi connectivity index (χ0) is 18.1. The summed E-state index contributed by atoms with van der Waals surface area (Å²) in [7, 11) is 1.62. The van der Waals surface area contributed by atoms with Crippen molar-refractivity contribution < 1.29 is 9.53 Å². The molecule has 0 aliphatic heterocycles. The Balaban J connectivity index is 1.59. The normalized spacial score (nSPS) is 10.8. The first kappa shape index (κ1) is 16.3. The van der Waals surface area contributed by atoms with Crippen LogP contribution in [0.15, 0.2) is 54.6 Å². The van der Waals surface area contributed by atoms with E-state index in [-0.39, 0.29) is 5.91 Å². The van der Waals surface area contributed by atoms with Crippen LogP contribution in [0.4, 0.5) is 5.13 Å². The summed E-state index contributed by atoms with van der Waals surface area (Å²) < 4.78 is 7.92. The van der Waals surface area contributed by atoms with E-state index in [1.165, 1.54) is 11.3 Å². The second-order valence-corrected chi connectivity index (χ2v) is 6.76. The number of hydrogen-bond acceptors (Lipinski definition) is 5. The number of amides is 1. The molecule has 0 fully saturated rings. The highest BCUT2D eigenvalue weighted by Gasteiger charge is 2.15. The molecule has 0 radical (unpaired) electrons. The third-order valence-electron chi connectivity index (χ3n) is 3.94. The average Bonchev–Trinajstić information content (AvgIpc) is 3.24. The van der Waals surface area contributed by atoms with Gasteiger partial charge in [0.15, 0.2) is 10.8 Å². The van der Waals surface area contributed by atoms with E-state index in [4.69, 9.17) is 4.74 Å². The Kier molecular flexibility index (Phi) is 4.14. The van der Waals surface area contributed by atoms with Gasteiger partial charge in [-0.2, -0.15) is 5.10 Å². The fourth-order valence-corrected chi connectivity index (χ4v) is 3.55. The maximum Gasteiger partial charge on any atom is 0.277 e. The van der Waals surface area contributed by atoms with Crippen LogP contribution in [0.2, 0.25) is 0 Å². The molecule has 6 nitrogen and oxygen atoms in total. The van der Waals surface area contributed by atoms with Crippen molar-refractivity contribution in [3.63, 3.8) is 0 Å². The number of fused-ring (bicyclic) bond motifs is 1. The Morgan fingerprint density at radius 1 is 1.15 bits per heavy atom. The highest BCUT2D eigenvalue weighted by atomic mass is 32.1.